The van der Waals surface area contributed by atoms with Gasteiger partial charge in [-0.15, -0.1) is 0 Å². The number of rotatable bonds is 10. The van der Waals surface area contributed by atoms with Gasteiger partial charge < -0.3 is 20.1 Å². The Bertz CT molecular complexity index is 1390. The van der Waals surface area contributed by atoms with Crippen molar-refractivity contribution in [3.63, 3.8) is 0 Å². The summed E-state index contributed by atoms with van der Waals surface area (Å²) in [7, 11) is -2.80. The molecule has 3 aromatic rings. The number of hydrogen-bond donors (Lipinski definition) is 2. The molecule has 9 nitrogen and oxygen atoms in total. The van der Waals surface area contributed by atoms with Crippen LogP contribution in [0.4, 0.5) is 11.4 Å². The van der Waals surface area contributed by atoms with E-state index in [4.69, 9.17) is 21.1 Å². The van der Waals surface area contributed by atoms with E-state index in [1.165, 1.54) is 31.4 Å². The molecule has 1 atom stereocenters. The zero-order valence-corrected chi connectivity index (χ0v) is 22.3. The van der Waals surface area contributed by atoms with E-state index in [0.717, 1.165) is 17.1 Å². The van der Waals surface area contributed by atoms with Gasteiger partial charge in [0.1, 0.15) is 12.3 Å². The van der Waals surface area contributed by atoms with E-state index in [1.54, 1.807) is 48.5 Å². The maximum atomic E-state index is 13.7. The molecule has 1 fully saturated rings. The Hall–Kier alpha value is -3.60. The quantitative estimate of drug-likeness (QED) is 0.388. The summed E-state index contributed by atoms with van der Waals surface area (Å²) in [6.07, 6.45) is 1.79. The van der Waals surface area contributed by atoms with Crippen molar-refractivity contribution in [2.45, 2.75) is 23.8 Å². The molecule has 1 aliphatic heterocycles. The number of methoxy groups -OCH3 is 1. The topological polar surface area (TPSA) is 114 Å². The van der Waals surface area contributed by atoms with Gasteiger partial charge >= 0.3 is 0 Å². The van der Waals surface area contributed by atoms with Crippen molar-refractivity contribution in [3.8, 4) is 5.75 Å². The first-order valence-corrected chi connectivity index (χ1v) is 13.8. The molecule has 0 aromatic heterocycles. The number of carbonyl (C=O) groups excluding carboxylic acids is 2. The fourth-order valence-corrected chi connectivity index (χ4v) is 5.71. The number of nitrogens with zero attached hydrogens (tertiary/aromatic N) is 1. The molecule has 0 spiro atoms. The number of benzene rings is 3. The lowest BCUT2D eigenvalue weighted by Crippen LogP contribution is -2.39. The fourth-order valence-electron chi connectivity index (χ4n) is 4.09. The predicted octanol–water partition coefficient (Wildman–Crippen LogP) is 4.09. The maximum Gasteiger partial charge on any atom is 0.264 e. The summed E-state index contributed by atoms with van der Waals surface area (Å²) >= 11 is 6.18. The number of anilines is 2. The van der Waals surface area contributed by atoms with E-state index in [0.29, 0.717) is 13.2 Å². The van der Waals surface area contributed by atoms with Gasteiger partial charge in [0, 0.05) is 18.2 Å². The Kier molecular flexibility index (Phi) is 8.88. The van der Waals surface area contributed by atoms with Gasteiger partial charge in [-0.3, -0.25) is 13.9 Å². The molecule has 1 saturated heterocycles. The molecule has 38 heavy (non-hydrogen) atoms. The molecule has 1 heterocycles. The van der Waals surface area contributed by atoms with Gasteiger partial charge in [0.15, 0.2) is 0 Å². The third-order valence-corrected chi connectivity index (χ3v) is 8.00. The summed E-state index contributed by atoms with van der Waals surface area (Å²) in [4.78, 5) is 26.1. The van der Waals surface area contributed by atoms with Crippen molar-refractivity contribution in [1.82, 2.24) is 5.32 Å². The average Bonchev–Trinajstić information content (AvgIpc) is 3.45. The van der Waals surface area contributed by atoms with Gasteiger partial charge in [-0.1, -0.05) is 41.9 Å². The molecule has 2 amide bonds. The van der Waals surface area contributed by atoms with Gasteiger partial charge in [-0.2, -0.15) is 0 Å². The fraction of sp³-hybridized carbons (Fsp3) is 0.259. The van der Waals surface area contributed by atoms with Crippen LogP contribution in [0.25, 0.3) is 0 Å². The first kappa shape index (κ1) is 27.4. The van der Waals surface area contributed by atoms with Gasteiger partial charge in [-0.05, 0) is 55.3 Å². The normalized spacial score (nSPS) is 15.1. The van der Waals surface area contributed by atoms with Crippen molar-refractivity contribution >= 4 is 44.8 Å². The van der Waals surface area contributed by atoms with Gasteiger partial charge in [-0.25, -0.2) is 8.42 Å². The predicted molar refractivity (Wildman–Crippen MR) is 145 cm³/mol. The van der Waals surface area contributed by atoms with Crippen molar-refractivity contribution in [2.24, 2.45) is 0 Å². The van der Waals surface area contributed by atoms with Crippen LogP contribution in [0.1, 0.15) is 23.2 Å². The molecule has 200 valence electrons. The SMILES string of the molecule is COc1ccc(Cl)cc1N(CC(=O)Nc1ccccc1C(=O)NC[C@H]1CCCO1)S(=O)(=O)c1ccccc1. The first-order chi connectivity index (χ1) is 18.3. The molecule has 0 radical (unpaired) electrons. The van der Waals surface area contributed by atoms with Gasteiger partial charge in [0.2, 0.25) is 5.91 Å². The minimum Gasteiger partial charge on any atom is -0.495 e. The number of amides is 2. The maximum absolute atomic E-state index is 13.7. The number of carbonyl (C=O) groups is 2. The molecule has 0 saturated carbocycles. The van der Waals surface area contributed by atoms with Crippen LogP contribution in [-0.2, 0) is 19.6 Å². The second kappa shape index (κ2) is 12.3. The minimum absolute atomic E-state index is 0.0104. The highest BCUT2D eigenvalue weighted by atomic mass is 35.5. The lowest BCUT2D eigenvalue weighted by atomic mass is 10.1. The molecular formula is C27H28ClN3O6S. The van der Waals surface area contributed by atoms with E-state index < -0.39 is 22.5 Å². The number of para-hydroxylation sites is 1. The second-order valence-electron chi connectivity index (χ2n) is 8.58. The summed E-state index contributed by atoms with van der Waals surface area (Å²) in [5.74, 6) is -0.816. The standard InChI is InChI=1S/C27H28ClN3O6S/c1-36-25-14-13-19(28)16-24(25)31(38(34,35)21-9-3-2-4-10-21)18-26(32)30-23-12-6-5-11-22(23)27(33)29-17-20-8-7-15-37-20/h2-6,9-14,16,20H,7-8,15,17-18H2,1H3,(H,29,33)(H,30,32)/t20-/m1/s1. The molecule has 2 N–H and O–H groups in total. The highest BCUT2D eigenvalue weighted by Crippen LogP contribution is 2.35. The van der Waals surface area contributed by atoms with Crippen LogP contribution in [0.5, 0.6) is 5.75 Å². The second-order valence-corrected chi connectivity index (χ2v) is 10.9. The monoisotopic (exact) mass is 557 g/mol. The highest BCUT2D eigenvalue weighted by molar-refractivity contribution is 7.92. The molecule has 4 rings (SSSR count). The molecule has 0 aliphatic carbocycles. The zero-order chi connectivity index (χ0) is 27.1. The minimum atomic E-state index is -4.19. The van der Waals surface area contributed by atoms with Crippen molar-refractivity contribution in [3.05, 3.63) is 83.4 Å². The molecule has 11 heteroatoms. The van der Waals surface area contributed by atoms with Gasteiger partial charge in [0.25, 0.3) is 15.9 Å². The average molecular weight is 558 g/mol. The number of halogens is 1. The van der Waals surface area contributed by atoms with Crippen molar-refractivity contribution in [1.29, 1.82) is 0 Å². The Labute approximate surface area is 226 Å². The van der Waals surface area contributed by atoms with Crippen LogP contribution in [-0.4, -0.2) is 53.1 Å². The van der Waals surface area contributed by atoms with Crippen LogP contribution in [0.15, 0.2) is 77.7 Å². The summed E-state index contributed by atoms with van der Waals surface area (Å²) in [6.45, 7) is 0.436. The number of ether oxygens (including phenoxy) is 2. The summed E-state index contributed by atoms with van der Waals surface area (Å²) in [5.41, 5.74) is 0.593. The van der Waals surface area contributed by atoms with Crippen molar-refractivity contribution < 1.29 is 27.5 Å². The third-order valence-electron chi connectivity index (χ3n) is 5.99. The zero-order valence-electron chi connectivity index (χ0n) is 20.7. The number of sulfonamides is 1. The largest absolute Gasteiger partial charge is 0.495 e. The van der Waals surface area contributed by atoms with E-state index in [9.17, 15) is 18.0 Å². The first-order valence-electron chi connectivity index (χ1n) is 12.0. The Morgan fingerprint density at radius 3 is 2.53 bits per heavy atom. The lowest BCUT2D eigenvalue weighted by molar-refractivity contribution is -0.114. The van der Waals surface area contributed by atoms with Crippen LogP contribution in [0.2, 0.25) is 5.02 Å². The van der Waals surface area contributed by atoms with E-state index >= 15 is 0 Å². The summed E-state index contributed by atoms with van der Waals surface area (Å²) < 4.78 is 39.2. The Balaban J connectivity index is 1.60. The molecule has 0 bridgehead atoms. The van der Waals surface area contributed by atoms with E-state index in [1.807, 2.05) is 0 Å². The summed E-state index contributed by atoms with van der Waals surface area (Å²) in [5, 5.41) is 5.79. The Morgan fingerprint density at radius 2 is 1.82 bits per heavy atom. The molecule has 3 aromatic carbocycles. The molecular weight excluding hydrogens is 530 g/mol. The molecule has 1 aliphatic rings. The molecule has 0 unspecified atom stereocenters. The van der Waals surface area contributed by atoms with Crippen LogP contribution >= 0.6 is 11.6 Å². The number of nitrogens with one attached hydrogen (secondary N) is 2. The van der Waals surface area contributed by atoms with E-state index in [2.05, 4.69) is 10.6 Å². The van der Waals surface area contributed by atoms with E-state index in [-0.39, 0.29) is 44.6 Å². The van der Waals surface area contributed by atoms with Crippen molar-refractivity contribution in [2.75, 3.05) is 36.4 Å². The lowest BCUT2D eigenvalue weighted by Gasteiger charge is -2.26. The van der Waals surface area contributed by atoms with Gasteiger partial charge in [0.05, 0.1) is 35.0 Å². The van der Waals surface area contributed by atoms with Crippen LogP contribution in [0.3, 0.4) is 0 Å². The van der Waals surface area contributed by atoms with Crippen LogP contribution < -0.4 is 19.7 Å². The van der Waals surface area contributed by atoms with Crippen LogP contribution in [0, 0.1) is 0 Å². The number of hydrogen-bond acceptors (Lipinski definition) is 6. The Morgan fingerprint density at radius 1 is 1.08 bits per heavy atom. The summed E-state index contributed by atoms with van der Waals surface area (Å²) in [6, 6.07) is 18.8. The third kappa shape index (κ3) is 6.45. The highest BCUT2D eigenvalue weighted by Gasteiger charge is 2.30. The smallest absolute Gasteiger partial charge is 0.264 e.